The van der Waals surface area contributed by atoms with Crippen LogP contribution in [-0.4, -0.2) is 5.91 Å². The highest BCUT2D eigenvalue weighted by Gasteiger charge is 2.08. The molecule has 4 heteroatoms. The van der Waals surface area contributed by atoms with Gasteiger partial charge < -0.3 is 9.73 Å². The zero-order valence-corrected chi connectivity index (χ0v) is 11.8. The van der Waals surface area contributed by atoms with Crippen molar-refractivity contribution in [3.8, 4) is 11.3 Å². The van der Waals surface area contributed by atoms with Crippen LogP contribution in [-0.2, 0) is 0 Å². The highest BCUT2D eigenvalue weighted by molar-refractivity contribution is 6.30. The minimum absolute atomic E-state index is 0.175. The Bertz CT molecular complexity index is 749. The van der Waals surface area contributed by atoms with E-state index < -0.39 is 0 Å². The Morgan fingerprint density at radius 1 is 1.00 bits per heavy atom. The summed E-state index contributed by atoms with van der Waals surface area (Å²) >= 11 is 5.82. The molecule has 21 heavy (non-hydrogen) atoms. The third kappa shape index (κ3) is 3.15. The van der Waals surface area contributed by atoms with Crippen LogP contribution in [0.25, 0.3) is 11.3 Å². The Kier molecular flexibility index (Phi) is 3.75. The number of anilines is 1. The average Bonchev–Trinajstić information content (AvgIpc) is 3.04. The summed E-state index contributed by atoms with van der Waals surface area (Å²) in [5, 5.41) is 3.46. The minimum Gasteiger partial charge on any atom is -0.464 e. The van der Waals surface area contributed by atoms with Gasteiger partial charge in [-0.05, 0) is 48.5 Å². The Morgan fingerprint density at radius 2 is 1.81 bits per heavy atom. The first-order chi connectivity index (χ1) is 10.2. The van der Waals surface area contributed by atoms with Crippen LogP contribution in [0.4, 0.5) is 5.69 Å². The summed E-state index contributed by atoms with van der Waals surface area (Å²) in [6.07, 6.45) is 1.61. The molecule has 0 unspecified atom stereocenters. The van der Waals surface area contributed by atoms with Gasteiger partial charge >= 0.3 is 0 Å². The molecule has 1 heterocycles. The van der Waals surface area contributed by atoms with Crippen molar-refractivity contribution in [2.75, 3.05) is 5.32 Å². The molecule has 0 aliphatic heterocycles. The SMILES string of the molecule is O=C(Nc1ccc(Cl)cc1)c1cccc(-c2ccco2)c1. The second kappa shape index (κ2) is 5.85. The number of halogens is 1. The number of furan rings is 1. The fourth-order valence-corrected chi connectivity index (χ4v) is 2.12. The van der Waals surface area contributed by atoms with Crippen molar-refractivity contribution in [2.24, 2.45) is 0 Å². The summed E-state index contributed by atoms with van der Waals surface area (Å²) in [5.74, 6) is 0.557. The molecule has 1 N–H and O–H groups in total. The molecule has 0 saturated heterocycles. The zero-order valence-electron chi connectivity index (χ0n) is 11.0. The predicted molar refractivity (Wildman–Crippen MR) is 83.5 cm³/mol. The second-order valence-corrected chi connectivity index (χ2v) is 4.96. The maximum atomic E-state index is 12.2. The van der Waals surface area contributed by atoms with Gasteiger partial charge in [-0.15, -0.1) is 0 Å². The van der Waals surface area contributed by atoms with Gasteiger partial charge in [0.25, 0.3) is 5.91 Å². The zero-order chi connectivity index (χ0) is 14.7. The standard InChI is InChI=1S/C17H12ClNO2/c18-14-6-8-15(9-7-14)19-17(20)13-4-1-3-12(11-13)16-5-2-10-21-16/h1-11H,(H,19,20). The largest absolute Gasteiger partial charge is 0.464 e. The molecule has 1 aromatic heterocycles. The van der Waals surface area contributed by atoms with Gasteiger partial charge in [-0.3, -0.25) is 4.79 Å². The molecule has 1 amide bonds. The number of hydrogen-bond donors (Lipinski definition) is 1. The maximum Gasteiger partial charge on any atom is 0.255 e. The Morgan fingerprint density at radius 3 is 2.52 bits per heavy atom. The number of carbonyl (C=O) groups excluding carboxylic acids is 1. The lowest BCUT2D eigenvalue weighted by Crippen LogP contribution is -2.11. The first-order valence-electron chi connectivity index (χ1n) is 6.43. The van der Waals surface area contributed by atoms with Crippen molar-refractivity contribution in [3.05, 3.63) is 77.5 Å². The van der Waals surface area contributed by atoms with E-state index in [1.807, 2.05) is 24.3 Å². The number of hydrogen-bond acceptors (Lipinski definition) is 2. The molecule has 0 spiro atoms. The van der Waals surface area contributed by atoms with E-state index in [1.165, 1.54) is 0 Å². The molecule has 0 aliphatic rings. The summed E-state index contributed by atoms with van der Waals surface area (Å²) < 4.78 is 5.34. The number of carbonyl (C=O) groups is 1. The van der Waals surface area contributed by atoms with E-state index in [1.54, 1.807) is 42.7 Å². The Labute approximate surface area is 127 Å². The van der Waals surface area contributed by atoms with Crippen LogP contribution in [0.3, 0.4) is 0 Å². The lowest BCUT2D eigenvalue weighted by atomic mass is 10.1. The third-order valence-electron chi connectivity index (χ3n) is 3.03. The molecule has 0 bridgehead atoms. The maximum absolute atomic E-state index is 12.2. The molecule has 3 rings (SSSR count). The smallest absolute Gasteiger partial charge is 0.255 e. The van der Waals surface area contributed by atoms with Gasteiger partial charge in [-0.2, -0.15) is 0 Å². The molecule has 0 saturated carbocycles. The van der Waals surface area contributed by atoms with E-state index in [4.69, 9.17) is 16.0 Å². The van der Waals surface area contributed by atoms with Crippen molar-refractivity contribution in [2.45, 2.75) is 0 Å². The van der Waals surface area contributed by atoms with E-state index in [-0.39, 0.29) is 5.91 Å². The number of nitrogens with one attached hydrogen (secondary N) is 1. The van der Waals surface area contributed by atoms with Crippen LogP contribution >= 0.6 is 11.6 Å². The molecular weight excluding hydrogens is 286 g/mol. The number of amides is 1. The van der Waals surface area contributed by atoms with Crippen molar-refractivity contribution in [1.29, 1.82) is 0 Å². The van der Waals surface area contributed by atoms with E-state index in [0.29, 0.717) is 16.3 Å². The van der Waals surface area contributed by atoms with Gasteiger partial charge in [0.05, 0.1) is 6.26 Å². The summed E-state index contributed by atoms with van der Waals surface area (Å²) in [6, 6.07) is 17.9. The fourth-order valence-electron chi connectivity index (χ4n) is 1.99. The van der Waals surface area contributed by atoms with Crippen molar-refractivity contribution in [3.63, 3.8) is 0 Å². The Hall–Kier alpha value is -2.52. The van der Waals surface area contributed by atoms with Gasteiger partial charge in [0.1, 0.15) is 5.76 Å². The summed E-state index contributed by atoms with van der Waals surface area (Å²) in [5.41, 5.74) is 2.13. The van der Waals surface area contributed by atoms with Crippen LogP contribution in [0.1, 0.15) is 10.4 Å². The quantitative estimate of drug-likeness (QED) is 0.750. The molecule has 0 aliphatic carbocycles. The molecule has 3 aromatic rings. The lowest BCUT2D eigenvalue weighted by molar-refractivity contribution is 0.102. The topological polar surface area (TPSA) is 42.2 Å². The van der Waals surface area contributed by atoms with E-state index in [2.05, 4.69) is 5.32 Å². The monoisotopic (exact) mass is 297 g/mol. The van der Waals surface area contributed by atoms with Gasteiger partial charge in [0.15, 0.2) is 0 Å². The van der Waals surface area contributed by atoms with Gasteiger partial charge in [0.2, 0.25) is 0 Å². The first-order valence-corrected chi connectivity index (χ1v) is 6.81. The summed E-state index contributed by atoms with van der Waals surface area (Å²) in [4.78, 5) is 12.2. The van der Waals surface area contributed by atoms with Crippen LogP contribution in [0.15, 0.2) is 71.3 Å². The van der Waals surface area contributed by atoms with Crippen molar-refractivity contribution >= 4 is 23.2 Å². The number of rotatable bonds is 3. The van der Waals surface area contributed by atoms with E-state index in [0.717, 1.165) is 11.3 Å². The lowest BCUT2D eigenvalue weighted by Gasteiger charge is -2.06. The molecule has 0 fully saturated rings. The normalized spacial score (nSPS) is 10.3. The molecule has 0 atom stereocenters. The van der Waals surface area contributed by atoms with Crippen molar-refractivity contribution < 1.29 is 9.21 Å². The van der Waals surface area contributed by atoms with E-state index >= 15 is 0 Å². The average molecular weight is 298 g/mol. The highest BCUT2D eigenvalue weighted by atomic mass is 35.5. The molecule has 0 radical (unpaired) electrons. The molecule has 2 aromatic carbocycles. The van der Waals surface area contributed by atoms with Gasteiger partial charge in [-0.25, -0.2) is 0 Å². The summed E-state index contributed by atoms with van der Waals surface area (Å²) in [6.45, 7) is 0. The molecule has 104 valence electrons. The fraction of sp³-hybridized carbons (Fsp3) is 0. The van der Waals surface area contributed by atoms with E-state index in [9.17, 15) is 4.79 Å². The van der Waals surface area contributed by atoms with Gasteiger partial charge in [0, 0.05) is 21.8 Å². The highest BCUT2D eigenvalue weighted by Crippen LogP contribution is 2.21. The van der Waals surface area contributed by atoms with Crippen molar-refractivity contribution in [1.82, 2.24) is 0 Å². The first kappa shape index (κ1) is 13.5. The molecular formula is C17H12ClNO2. The van der Waals surface area contributed by atoms with Gasteiger partial charge in [-0.1, -0.05) is 23.7 Å². The number of benzene rings is 2. The summed E-state index contributed by atoms with van der Waals surface area (Å²) in [7, 11) is 0. The van der Waals surface area contributed by atoms with Crippen LogP contribution in [0.5, 0.6) is 0 Å². The van der Waals surface area contributed by atoms with Crippen LogP contribution < -0.4 is 5.32 Å². The van der Waals surface area contributed by atoms with Crippen LogP contribution in [0.2, 0.25) is 5.02 Å². The van der Waals surface area contributed by atoms with Crippen LogP contribution in [0, 0.1) is 0 Å². The Balaban J connectivity index is 1.81. The third-order valence-corrected chi connectivity index (χ3v) is 3.28. The second-order valence-electron chi connectivity index (χ2n) is 4.52. The molecule has 3 nitrogen and oxygen atoms in total. The predicted octanol–water partition coefficient (Wildman–Crippen LogP) is 4.85. The minimum atomic E-state index is -0.175.